The molecule has 7 rings (SSSR count). The number of imide groups is 1. The van der Waals surface area contributed by atoms with E-state index in [1.165, 1.54) is 0 Å². The molecule has 1 saturated heterocycles. The summed E-state index contributed by atoms with van der Waals surface area (Å²) in [4.78, 5) is 52.3. The molecule has 1 aliphatic heterocycles. The van der Waals surface area contributed by atoms with Gasteiger partial charge in [-0.05, 0) is 47.9 Å². The van der Waals surface area contributed by atoms with Crippen molar-refractivity contribution < 1.29 is 19.2 Å². The van der Waals surface area contributed by atoms with Crippen molar-refractivity contribution in [3.8, 4) is 11.1 Å². The highest BCUT2D eigenvalue weighted by Gasteiger charge is 2.56. The molecule has 0 spiro atoms. The van der Waals surface area contributed by atoms with Gasteiger partial charge in [-0.25, -0.2) is 0 Å². The predicted octanol–water partition coefficient (Wildman–Crippen LogP) is 3.03. The number of hydrogen-bond acceptors (Lipinski definition) is 4. The van der Waals surface area contributed by atoms with E-state index in [0.29, 0.717) is 16.8 Å². The summed E-state index contributed by atoms with van der Waals surface area (Å²) in [5, 5.41) is 2.75. The fourth-order valence-corrected chi connectivity index (χ4v) is 5.74. The first-order valence-electron chi connectivity index (χ1n) is 10.6. The Balaban J connectivity index is 1.20. The van der Waals surface area contributed by atoms with E-state index in [0.717, 1.165) is 28.9 Å². The molecule has 0 aromatic heterocycles. The molecule has 1 heterocycles. The normalized spacial score (nSPS) is 27.4. The SMILES string of the molecule is O=C(CN1C(=O)[C@H]2[C@H](C1=O)[C@H]1C=C[C@H]2CC1)Nc1ccc2c(c1)C(=O)c1ccccc1-2. The number of fused-ring (bicyclic) bond motifs is 4. The number of nitrogens with one attached hydrogen (secondary N) is 1. The van der Waals surface area contributed by atoms with Gasteiger partial charge in [0.05, 0.1) is 11.8 Å². The van der Waals surface area contributed by atoms with Crippen LogP contribution in [0.3, 0.4) is 0 Å². The number of carbonyl (C=O) groups is 4. The molecule has 6 nitrogen and oxygen atoms in total. The van der Waals surface area contributed by atoms with Gasteiger partial charge in [0, 0.05) is 16.8 Å². The van der Waals surface area contributed by atoms with Crippen molar-refractivity contribution in [2.45, 2.75) is 12.8 Å². The number of anilines is 1. The third kappa shape index (κ3) is 2.57. The molecule has 3 amide bonds. The van der Waals surface area contributed by atoms with Gasteiger partial charge in [0.1, 0.15) is 6.54 Å². The highest BCUT2D eigenvalue weighted by atomic mass is 16.2. The van der Waals surface area contributed by atoms with E-state index in [2.05, 4.69) is 17.5 Å². The summed E-state index contributed by atoms with van der Waals surface area (Å²) in [6, 6.07) is 12.6. The highest BCUT2D eigenvalue weighted by molar-refractivity contribution is 6.22. The number of amides is 3. The zero-order chi connectivity index (χ0) is 21.3. The quantitative estimate of drug-likeness (QED) is 0.529. The first-order chi connectivity index (χ1) is 15.0. The Labute approximate surface area is 178 Å². The molecule has 4 atom stereocenters. The Morgan fingerprint density at radius 1 is 0.839 bits per heavy atom. The molecule has 2 bridgehead atoms. The maximum Gasteiger partial charge on any atom is 0.244 e. The van der Waals surface area contributed by atoms with Crippen LogP contribution in [0.4, 0.5) is 5.69 Å². The van der Waals surface area contributed by atoms with Gasteiger partial charge in [0.15, 0.2) is 5.78 Å². The standard InChI is InChI=1S/C25H20N2O4/c28-20(12-27-24(30)21-13-5-6-14(8-7-13)22(21)25(27)31)26-15-9-10-17-16-3-1-2-4-18(16)23(29)19(17)11-15/h1-6,9-11,13-14,21-22H,7-8,12H2,(H,26,28)/t13-,14-,21+,22+/m0/s1. The highest BCUT2D eigenvalue weighted by Crippen LogP contribution is 2.49. The van der Waals surface area contributed by atoms with Gasteiger partial charge in [-0.15, -0.1) is 0 Å². The van der Waals surface area contributed by atoms with Gasteiger partial charge < -0.3 is 5.32 Å². The van der Waals surface area contributed by atoms with Crippen LogP contribution in [0, 0.1) is 23.7 Å². The van der Waals surface area contributed by atoms with Crippen LogP contribution in [0.15, 0.2) is 54.6 Å². The molecule has 2 aromatic rings. The van der Waals surface area contributed by atoms with Crippen LogP contribution in [0.2, 0.25) is 0 Å². The minimum atomic E-state index is -0.441. The van der Waals surface area contributed by atoms with Gasteiger partial charge in [-0.1, -0.05) is 42.5 Å². The number of carbonyl (C=O) groups excluding carboxylic acids is 4. The topological polar surface area (TPSA) is 83.6 Å². The molecule has 5 aliphatic rings. The van der Waals surface area contributed by atoms with Crippen LogP contribution in [-0.4, -0.2) is 34.9 Å². The number of ketones is 1. The monoisotopic (exact) mass is 412 g/mol. The van der Waals surface area contributed by atoms with Crippen LogP contribution >= 0.6 is 0 Å². The molecule has 31 heavy (non-hydrogen) atoms. The molecule has 154 valence electrons. The fraction of sp³-hybridized carbons (Fsp3) is 0.280. The Bertz CT molecular complexity index is 1180. The summed E-state index contributed by atoms with van der Waals surface area (Å²) in [6.45, 7) is -0.296. The van der Waals surface area contributed by atoms with Crippen LogP contribution in [0.25, 0.3) is 11.1 Å². The maximum absolute atomic E-state index is 12.9. The Hall–Kier alpha value is -3.54. The van der Waals surface area contributed by atoms with Gasteiger partial charge in [0.2, 0.25) is 17.7 Å². The van der Waals surface area contributed by atoms with Crippen LogP contribution in [0.1, 0.15) is 28.8 Å². The van der Waals surface area contributed by atoms with Crippen molar-refractivity contribution in [1.29, 1.82) is 0 Å². The lowest BCUT2D eigenvalue weighted by Gasteiger charge is -2.38. The number of allylic oxidation sites excluding steroid dienone is 2. The summed E-state index contributed by atoms with van der Waals surface area (Å²) in [7, 11) is 0. The predicted molar refractivity (Wildman–Crippen MR) is 113 cm³/mol. The van der Waals surface area contributed by atoms with Gasteiger partial charge in [0.25, 0.3) is 0 Å². The summed E-state index contributed by atoms with van der Waals surface area (Å²) >= 11 is 0. The second-order valence-electron chi connectivity index (χ2n) is 8.79. The summed E-state index contributed by atoms with van der Waals surface area (Å²) in [5.74, 6) is -1.41. The van der Waals surface area contributed by atoms with E-state index in [-0.39, 0.29) is 47.8 Å². The molecule has 2 aromatic carbocycles. The first kappa shape index (κ1) is 18.2. The van der Waals surface area contributed by atoms with Gasteiger partial charge in [-0.3, -0.25) is 24.1 Å². The minimum absolute atomic E-state index is 0.0707. The molecular weight excluding hydrogens is 392 g/mol. The lowest BCUT2D eigenvalue weighted by atomic mass is 9.63. The number of rotatable bonds is 3. The van der Waals surface area contributed by atoms with Crippen LogP contribution in [0.5, 0.6) is 0 Å². The average molecular weight is 412 g/mol. The van der Waals surface area contributed by atoms with Gasteiger partial charge >= 0.3 is 0 Å². The van der Waals surface area contributed by atoms with Crippen molar-refractivity contribution in [3.63, 3.8) is 0 Å². The minimum Gasteiger partial charge on any atom is -0.325 e. The van der Waals surface area contributed by atoms with E-state index in [9.17, 15) is 19.2 Å². The molecular formula is C25H20N2O4. The molecule has 6 heteroatoms. The zero-order valence-corrected chi connectivity index (χ0v) is 16.7. The largest absolute Gasteiger partial charge is 0.325 e. The Kier molecular flexibility index (Phi) is 3.81. The summed E-state index contributed by atoms with van der Waals surface area (Å²) in [5.41, 5.74) is 3.40. The third-order valence-corrected chi connectivity index (χ3v) is 7.16. The van der Waals surface area contributed by atoms with Crippen LogP contribution in [-0.2, 0) is 14.4 Å². The number of likely N-dealkylation sites (tertiary alicyclic amines) is 1. The van der Waals surface area contributed by atoms with Crippen molar-refractivity contribution in [2.75, 3.05) is 11.9 Å². The van der Waals surface area contributed by atoms with E-state index < -0.39 is 5.91 Å². The molecule has 4 aliphatic carbocycles. The van der Waals surface area contributed by atoms with E-state index in [1.807, 2.05) is 24.3 Å². The molecule has 0 unspecified atom stereocenters. The lowest BCUT2D eigenvalue weighted by molar-refractivity contribution is -0.142. The zero-order valence-electron chi connectivity index (χ0n) is 16.7. The lowest BCUT2D eigenvalue weighted by Crippen LogP contribution is -2.38. The van der Waals surface area contributed by atoms with Crippen molar-refractivity contribution >= 4 is 29.2 Å². The molecule has 1 N–H and O–H groups in total. The Morgan fingerprint density at radius 3 is 2.10 bits per heavy atom. The number of nitrogens with zero attached hydrogens (tertiary/aromatic N) is 1. The van der Waals surface area contributed by atoms with Crippen LogP contribution < -0.4 is 5.32 Å². The van der Waals surface area contributed by atoms with E-state index in [1.54, 1.807) is 18.2 Å². The van der Waals surface area contributed by atoms with E-state index >= 15 is 0 Å². The number of hydrogen-bond donors (Lipinski definition) is 1. The second kappa shape index (κ2) is 6.48. The molecule has 2 fully saturated rings. The second-order valence-corrected chi connectivity index (χ2v) is 8.79. The summed E-state index contributed by atoms with van der Waals surface area (Å²) in [6.07, 6.45) is 5.97. The average Bonchev–Trinajstić information content (AvgIpc) is 3.22. The van der Waals surface area contributed by atoms with Crippen molar-refractivity contribution in [1.82, 2.24) is 4.90 Å². The van der Waals surface area contributed by atoms with Crippen molar-refractivity contribution in [3.05, 3.63) is 65.7 Å². The van der Waals surface area contributed by atoms with E-state index in [4.69, 9.17) is 0 Å². The fourth-order valence-electron chi connectivity index (χ4n) is 5.74. The third-order valence-electron chi connectivity index (χ3n) is 7.16. The molecule has 0 radical (unpaired) electrons. The molecule has 1 saturated carbocycles. The van der Waals surface area contributed by atoms with Gasteiger partial charge in [-0.2, -0.15) is 0 Å². The smallest absolute Gasteiger partial charge is 0.244 e. The maximum atomic E-state index is 12.9. The Morgan fingerprint density at radius 2 is 1.45 bits per heavy atom. The number of benzene rings is 2. The first-order valence-corrected chi connectivity index (χ1v) is 10.6. The van der Waals surface area contributed by atoms with Crippen molar-refractivity contribution in [2.24, 2.45) is 23.7 Å². The summed E-state index contributed by atoms with van der Waals surface area (Å²) < 4.78 is 0.